The molecule has 0 N–H and O–H groups in total. The number of halogens is 4. The maximum absolute atomic E-state index is 12.6. The third-order valence-electron chi connectivity index (χ3n) is 1.75. The molecule has 1 rings (SSSR count). The quantitative estimate of drug-likeness (QED) is 0.598. The van der Waals surface area contributed by atoms with Gasteiger partial charge in [0, 0.05) is 0 Å². The lowest BCUT2D eigenvalue weighted by molar-refractivity contribution is -0.138. The summed E-state index contributed by atoms with van der Waals surface area (Å²) in [5.41, 5.74) is -0.760. The number of hydrogen-bond acceptors (Lipinski definition) is 0. The second-order valence-corrected chi connectivity index (χ2v) is 2.65. The van der Waals surface area contributed by atoms with Gasteiger partial charge in [0.25, 0.3) is 0 Å². The van der Waals surface area contributed by atoms with E-state index in [9.17, 15) is 17.6 Å². The summed E-state index contributed by atoms with van der Waals surface area (Å²) < 4.78 is 49.3. The first kappa shape index (κ1) is 10.0. The van der Waals surface area contributed by atoms with Crippen LogP contribution in [0.1, 0.15) is 18.1 Å². The van der Waals surface area contributed by atoms with Gasteiger partial charge in [0.1, 0.15) is 5.82 Å². The van der Waals surface area contributed by atoms with E-state index in [0.717, 1.165) is 18.2 Å². The van der Waals surface area contributed by atoms with Crippen molar-refractivity contribution in [3.8, 4) is 0 Å². The van der Waals surface area contributed by atoms with Crippen molar-refractivity contribution >= 4 is 0 Å². The Kier molecular flexibility index (Phi) is 2.59. The summed E-state index contributed by atoms with van der Waals surface area (Å²) in [5, 5.41) is 0. The molecule has 0 heterocycles. The highest BCUT2D eigenvalue weighted by molar-refractivity contribution is 5.30. The minimum atomic E-state index is -4.39. The molecule has 0 bridgehead atoms. The fourth-order valence-corrected chi connectivity index (χ4v) is 1.13. The lowest BCUT2D eigenvalue weighted by Crippen LogP contribution is -2.08. The topological polar surface area (TPSA) is 0 Å². The summed E-state index contributed by atoms with van der Waals surface area (Å²) in [5.74, 6) is -0.634. The van der Waals surface area contributed by atoms with Crippen molar-refractivity contribution in [2.24, 2.45) is 0 Å². The molecule has 0 saturated heterocycles. The van der Waals surface area contributed by atoms with Crippen molar-refractivity contribution in [2.75, 3.05) is 0 Å². The molecule has 0 amide bonds. The molecule has 0 fully saturated rings. The average molecular weight is 192 g/mol. The number of hydrogen-bond donors (Lipinski definition) is 0. The summed E-state index contributed by atoms with van der Waals surface area (Å²) in [4.78, 5) is 0. The van der Waals surface area contributed by atoms with Crippen LogP contribution in [0.5, 0.6) is 0 Å². The van der Waals surface area contributed by atoms with Gasteiger partial charge in [-0.25, -0.2) is 4.39 Å². The molecule has 0 radical (unpaired) electrons. The van der Waals surface area contributed by atoms with Gasteiger partial charge in [-0.3, -0.25) is 0 Å². The smallest absolute Gasteiger partial charge is 0.207 e. The van der Waals surface area contributed by atoms with Crippen molar-refractivity contribution in [2.45, 2.75) is 19.5 Å². The second kappa shape index (κ2) is 3.36. The minimum Gasteiger partial charge on any atom is -0.207 e. The van der Waals surface area contributed by atoms with Crippen molar-refractivity contribution in [1.29, 1.82) is 0 Å². The molecule has 72 valence electrons. The lowest BCUT2D eigenvalue weighted by atomic mass is 10.0. The standard InChI is InChI=1S/C9H8F4/c1-2-6-5-7(10)3-4-8(6)9(11,12)13/h3-5H,2H2,1H3. The highest BCUT2D eigenvalue weighted by Gasteiger charge is 2.32. The molecule has 0 unspecified atom stereocenters. The molecule has 4 heteroatoms. The molecular formula is C9H8F4. The van der Waals surface area contributed by atoms with Crippen LogP contribution in [0.25, 0.3) is 0 Å². The monoisotopic (exact) mass is 192 g/mol. The molecule has 0 saturated carbocycles. The molecule has 0 aliphatic heterocycles. The van der Waals surface area contributed by atoms with Gasteiger partial charge in [-0.2, -0.15) is 13.2 Å². The number of alkyl halides is 3. The van der Waals surface area contributed by atoms with Crippen LogP contribution in [0, 0.1) is 5.82 Å². The molecule has 13 heavy (non-hydrogen) atoms. The van der Waals surface area contributed by atoms with Gasteiger partial charge in [0.2, 0.25) is 0 Å². The van der Waals surface area contributed by atoms with Crippen LogP contribution >= 0.6 is 0 Å². The maximum Gasteiger partial charge on any atom is 0.416 e. The first-order valence-electron chi connectivity index (χ1n) is 3.80. The average Bonchev–Trinajstić information content (AvgIpc) is 2.01. The summed E-state index contributed by atoms with van der Waals surface area (Å²) >= 11 is 0. The van der Waals surface area contributed by atoms with Gasteiger partial charge in [-0.1, -0.05) is 6.92 Å². The van der Waals surface area contributed by atoms with Crippen molar-refractivity contribution in [3.63, 3.8) is 0 Å². The Balaban J connectivity index is 3.22. The van der Waals surface area contributed by atoms with Gasteiger partial charge in [-0.15, -0.1) is 0 Å². The third-order valence-corrected chi connectivity index (χ3v) is 1.75. The predicted molar refractivity (Wildman–Crippen MR) is 40.8 cm³/mol. The van der Waals surface area contributed by atoms with E-state index >= 15 is 0 Å². The fraction of sp³-hybridized carbons (Fsp3) is 0.333. The van der Waals surface area contributed by atoms with Crippen molar-refractivity contribution in [1.82, 2.24) is 0 Å². The third kappa shape index (κ3) is 2.20. The minimum absolute atomic E-state index is 0.00694. The predicted octanol–water partition coefficient (Wildman–Crippen LogP) is 3.41. The Morgan fingerprint density at radius 3 is 2.31 bits per heavy atom. The lowest BCUT2D eigenvalue weighted by Gasteiger charge is -2.10. The van der Waals surface area contributed by atoms with Crippen LogP contribution in [0.4, 0.5) is 17.6 Å². The molecule has 0 atom stereocenters. The number of benzene rings is 1. The SMILES string of the molecule is CCc1cc(F)ccc1C(F)(F)F. The van der Waals surface area contributed by atoms with Gasteiger partial charge >= 0.3 is 6.18 Å². The second-order valence-electron chi connectivity index (χ2n) is 2.65. The highest BCUT2D eigenvalue weighted by Crippen LogP contribution is 2.32. The van der Waals surface area contributed by atoms with Crippen LogP contribution in [0.3, 0.4) is 0 Å². The van der Waals surface area contributed by atoms with Gasteiger partial charge in [0.05, 0.1) is 5.56 Å². The zero-order valence-electron chi connectivity index (χ0n) is 6.95. The van der Waals surface area contributed by atoms with E-state index in [1.54, 1.807) is 6.92 Å². The normalized spacial score (nSPS) is 11.8. The van der Waals surface area contributed by atoms with E-state index in [-0.39, 0.29) is 12.0 Å². The molecule has 0 spiro atoms. The fourth-order valence-electron chi connectivity index (χ4n) is 1.13. The van der Waals surface area contributed by atoms with Crippen LogP contribution in [-0.2, 0) is 12.6 Å². The molecular weight excluding hydrogens is 184 g/mol. The molecule has 1 aromatic carbocycles. The molecule has 0 nitrogen and oxygen atoms in total. The molecule has 0 aliphatic carbocycles. The highest BCUT2D eigenvalue weighted by atomic mass is 19.4. The maximum atomic E-state index is 12.6. The molecule has 1 aromatic rings. The summed E-state index contributed by atoms with van der Waals surface area (Å²) in [6.07, 6.45) is -4.22. The van der Waals surface area contributed by atoms with E-state index in [1.807, 2.05) is 0 Å². The number of rotatable bonds is 1. The Hall–Kier alpha value is -1.06. The molecule has 0 aromatic heterocycles. The Morgan fingerprint density at radius 2 is 1.85 bits per heavy atom. The van der Waals surface area contributed by atoms with E-state index in [1.165, 1.54) is 0 Å². The first-order valence-corrected chi connectivity index (χ1v) is 3.80. The van der Waals surface area contributed by atoms with Crippen LogP contribution in [0.15, 0.2) is 18.2 Å². The summed E-state index contributed by atoms with van der Waals surface area (Å²) in [6, 6.07) is 2.51. The Bertz CT molecular complexity index is 301. The van der Waals surface area contributed by atoms with E-state index in [4.69, 9.17) is 0 Å². The Labute approximate surface area is 73.2 Å². The van der Waals surface area contributed by atoms with Crippen LogP contribution < -0.4 is 0 Å². The van der Waals surface area contributed by atoms with Gasteiger partial charge < -0.3 is 0 Å². The van der Waals surface area contributed by atoms with E-state index < -0.39 is 17.6 Å². The zero-order valence-corrected chi connectivity index (χ0v) is 6.95. The van der Waals surface area contributed by atoms with Crippen molar-refractivity contribution in [3.05, 3.63) is 35.1 Å². The largest absolute Gasteiger partial charge is 0.416 e. The van der Waals surface area contributed by atoms with Crippen molar-refractivity contribution < 1.29 is 17.6 Å². The summed E-state index contributed by atoms with van der Waals surface area (Å²) in [7, 11) is 0. The van der Waals surface area contributed by atoms with Crippen LogP contribution in [0.2, 0.25) is 0 Å². The zero-order chi connectivity index (χ0) is 10.1. The number of aryl methyl sites for hydroxylation is 1. The molecule has 0 aliphatic rings. The first-order chi connectivity index (χ1) is 5.95. The van der Waals surface area contributed by atoms with Crippen LogP contribution in [-0.4, -0.2) is 0 Å². The Morgan fingerprint density at radius 1 is 1.23 bits per heavy atom. The van der Waals surface area contributed by atoms with E-state index in [2.05, 4.69) is 0 Å². The van der Waals surface area contributed by atoms with Gasteiger partial charge in [0.15, 0.2) is 0 Å². The summed E-state index contributed by atoms with van der Waals surface area (Å²) in [6.45, 7) is 1.56. The van der Waals surface area contributed by atoms with Gasteiger partial charge in [-0.05, 0) is 30.2 Å². The van der Waals surface area contributed by atoms with E-state index in [0.29, 0.717) is 0 Å².